The van der Waals surface area contributed by atoms with Crippen molar-refractivity contribution < 1.29 is 76.0 Å². The highest BCUT2D eigenvalue weighted by molar-refractivity contribution is 7.53. The van der Waals surface area contributed by atoms with Crippen molar-refractivity contribution in [3.63, 3.8) is 0 Å². The lowest BCUT2D eigenvalue weighted by Gasteiger charge is -2.27. The van der Waals surface area contributed by atoms with Crippen molar-refractivity contribution in [3.05, 3.63) is 71.3 Å². The summed E-state index contributed by atoms with van der Waals surface area (Å²) in [6.45, 7) is 2.97. The van der Waals surface area contributed by atoms with E-state index in [0.717, 1.165) is 16.5 Å². The Morgan fingerprint density at radius 3 is 2.39 bits per heavy atom. The van der Waals surface area contributed by atoms with Crippen LogP contribution in [0.2, 0.25) is 0 Å². The number of hydrogen-bond acceptors (Lipinski definition) is 20. The summed E-state index contributed by atoms with van der Waals surface area (Å²) in [5, 5.41) is 16.8. The second-order valence-corrected chi connectivity index (χ2v) is 19.3. The monoisotopic (exact) mass is 968 g/mol. The fourth-order valence-electron chi connectivity index (χ4n) is 6.94. The first-order chi connectivity index (χ1) is 31.1. The number of aliphatic hydroxyl groups is 1. The van der Waals surface area contributed by atoms with E-state index in [4.69, 9.17) is 39.7 Å². The maximum absolute atomic E-state index is 14.1. The number of nitrogens with one attached hydrogen (secondary N) is 2. The standard InChI is InChI=1S/C37H50N10O17P2/c1-37(2,3)64-36(52)44-21(10-7-12-40-35(51)58-15-20-8-5-4-6-9-20)33(49)63-29-23(62-32(28(29)48)47-19-43-27-30(39)41-18-42-31(27)47)17-59-65(53,54)24-14-26(46-13-11-25(38)45-34(46)50)61-22(24)16-60-66(55,56)57/h4-6,8-9,11,13,18-19,21-24,26,28-29,32,48H,7,10,12,14-17H2,1-3H3,(H,40,51)(H,44,52)(H,53,54)(H2,38,45,50)(H2,39,41,42)(H2,55,56,57)/t21-,22+,23+,24-,26+,28+,29+,32+/m0/s1. The lowest BCUT2D eigenvalue weighted by molar-refractivity contribution is -0.159. The Balaban J connectivity index is 1.21. The molecule has 0 bridgehead atoms. The number of aliphatic hydroxyl groups excluding tert-OH is 1. The average molecular weight is 969 g/mol. The van der Waals surface area contributed by atoms with Gasteiger partial charge in [-0.1, -0.05) is 30.3 Å². The number of nitrogens with two attached hydrogens (primary N) is 2. The summed E-state index contributed by atoms with van der Waals surface area (Å²) in [6.07, 6.45) is -8.10. The van der Waals surface area contributed by atoms with Crippen LogP contribution in [0.25, 0.3) is 11.2 Å². The number of hydrogen-bond donors (Lipinski definition) is 8. The Kier molecular flexibility index (Phi) is 15.8. The number of ether oxygens (including phenoxy) is 5. The van der Waals surface area contributed by atoms with E-state index in [9.17, 15) is 48.1 Å². The molecule has 0 saturated carbocycles. The summed E-state index contributed by atoms with van der Waals surface area (Å²) < 4.78 is 66.4. The van der Waals surface area contributed by atoms with E-state index in [0.29, 0.717) is 0 Å². The van der Waals surface area contributed by atoms with E-state index >= 15 is 0 Å². The maximum atomic E-state index is 14.1. The van der Waals surface area contributed by atoms with Gasteiger partial charge in [0, 0.05) is 19.2 Å². The summed E-state index contributed by atoms with van der Waals surface area (Å²) in [5.74, 6) is -1.27. The molecule has 1 aromatic carbocycles. The van der Waals surface area contributed by atoms with Crippen LogP contribution in [0, 0.1) is 0 Å². The van der Waals surface area contributed by atoms with Crippen LogP contribution in [0.1, 0.15) is 58.1 Å². The molecule has 2 amide bonds. The molecule has 0 spiro atoms. The summed E-state index contributed by atoms with van der Waals surface area (Å²) in [4.78, 5) is 98.1. The highest BCUT2D eigenvalue weighted by atomic mass is 31.2. The van der Waals surface area contributed by atoms with Gasteiger partial charge in [-0.05, 0) is 45.2 Å². The number of anilines is 2. The predicted molar refractivity (Wildman–Crippen MR) is 226 cm³/mol. The van der Waals surface area contributed by atoms with Crippen molar-refractivity contribution in [2.75, 3.05) is 31.2 Å². The number of esters is 1. The lowest BCUT2D eigenvalue weighted by atomic mass is 10.1. The molecule has 2 aliphatic heterocycles. The van der Waals surface area contributed by atoms with Gasteiger partial charge in [0.05, 0.1) is 31.3 Å². The summed E-state index contributed by atoms with van der Waals surface area (Å²) in [5.41, 5.74) is 9.03. The Morgan fingerprint density at radius 1 is 0.970 bits per heavy atom. The quantitative estimate of drug-likeness (QED) is 0.0298. The van der Waals surface area contributed by atoms with Gasteiger partial charge in [-0.15, -0.1) is 0 Å². The molecule has 2 fully saturated rings. The molecule has 3 aromatic heterocycles. The Labute approximate surface area is 374 Å². The first kappa shape index (κ1) is 49.8. The lowest BCUT2D eigenvalue weighted by Crippen LogP contribution is -2.48. The molecular formula is C37H50N10O17P2. The molecule has 66 heavy (non-hydrogen) atoms. The normalized spacial score (nSPS) is 23.5. The van der Waals surface area contributed by atoms with Crippen LogP contribution in [0.5, 0.6) is 0 Å². The fraction of sp³-hybridized carbons (Fsp3) is 0.514. The molecule has 9 atom stereocenters. The van der Waals surface area contributed by atoms with Crippen molar-refractivity contribution in [1.82, 2.24) is 39.7 Å². The van der Waals surface area contributed by atoms with Crippen LogP contribution in [0.15, 0.2) is 60.0 Å². The number of fused-ring (bicyclic) bond motifs is 1. The molecule has 27 nitrogen and oxygen atoms in total. The first-order valence-corrected chi connectivity index (χ1v) is 23.3. The van der Waals surface area contributed by atoms with Gasteiger partial charge in [-0.2, -0.15) is 4.98 Å². The number of imidazole rings is 1. The van der Waals surface area contributed by atoms with Crippen LogP contribution in [-0.2, 0) is 53.3 Å². The zero-order valence-corrected chi connectivity index (χ0v) is 37.4. The zero-order valence-electron chi connectivity index (χ0n) is 35.6. The van der Waals surface area contributed by atoms with Crippen LogP contribution in [0.3, 0.4) is 0 Å². The van der Waals surface area contributed by atoms with Gasteiger partial charge >= 0.3 is 39.3 Å². The van der Waals surface area contributed by atoms with Crippen molar-refractivity contribution in [2.24, 2.45) is 0 Å². The number of rotatable bonds is 18. The van der Waals surface area contributed by atoms with Gasteiger partial charge in [-0.25, -0.2) is 38.7 Å². The number of phosphoric ester groups is 1. The van der Waals surface area contributed by atoms with Gasteiger partial charge in [0.1, 0.15) is 54.3 Å². The number of nitrogens with zero attached hydrogens (tertiary/aromatic N) is 6. The van der Waals surface area contributed by atoms with Crippen LogP contribution in [0.4, 0.5) is 21.2 Å². The van der Waals surface area contributed by atoms with E-state index in [1.807, 2.05) is 6.07 Å². The first-order valence-electron chi connectivity index (χ1n) is 20.2. The molecule has 2 aliphatic rings. The van der Waals surface area contributed by atoms with Crippen molar-refractivity contribution >= 4 is 56.4 Å². The number of carbonyl (C=O) groups excluding carboxylic acids is 3. The molecule has 1 unspecified atom stereocenters. The van der Waals surface area contributed by atoms with E-state index < -0.39 is 113 Å². The molecule has 4 aromatic rings. The molecule has 6 rings (SSSR count). The topological polar surface area (TPSA) is 385 Å². The van der Waals surface area contributed by atoms with Crippen molar-refractivity contribution in [3.8, 4) is 0 Å². The van der Waals surface area contributed by atoms with E-state index in [1.165, 1.54) is 23.2 Å². The predicted octanol–water partition coefficient (Wildman–Crippen LogP) is 0.985. The average Bonchev–Trinajstić information content (AvgIpc) is 3.95. The Bertz CT molecular complexity index is 2500. The fourth-order valence-corrected chi connectivity index (χ4v) is 8.86. The van der Waals surface area contributed by atoms with E-state index in [2.05, 4.69) is 35.1 Å². The Hall–Kier alpha value is -5.60. The second kappa shape index (κ2) is 20.9. The molecule has 29 heteroatoms. The molecule has 360 valence electrons. The summed E-state index contributed by atoms with van der Waals surface area (Å²) in [7, 11) is -10.2. The number of phosphoric acid groups is 1. The van der Waals surface area contributed by atoms with Gasteiger partial charge in [0.15, 0.2) is 23.8 Å². The minimum absolute atomic E-state index is 0.00362. The molecule has 0 radical (unpaired) electrons. The Morgan fingerprint density at radius 2 is 1.70 bits per heavy atom. The molecule has 0 aliphatic carbocycles. The van der Waals surface area contributed by atoms with Crippen molar-refractivity contribution in [1.29, 1.82) is 0 Å². The highest BCUT2D eigenvalue weighted by Gasteiger charge is 2.52. The van der Waals surface area contributed by atoms with E-state index in [1.54, 1.807) is 45.0 Å². The number of benzene rings is 1. The number of alkyl carbamates (subject to hydrolysis) is 2. The maximum Gasteiger partial charge on any atom is 0.469 e. The number of nitrogen functional groups attached to an aromatic ring is 2. The minimum Gasteiger partial charge on any atom is -0.455 e. The molecule has 2 saturated heterocycles. The molecule has 5 heterocycles. The smallest absolute Gasteiger partial charge is 0.455 e. The summed E-state index contributed by atoms with van der Waals surface area (Å²) >= 11 is 0. The van der Waals surface area contributed by atoms with Gasteiger partial charge in [0.25, 0.3) is 0 Å². The molecule has 10 N–H and O–H groups in total. The van der Waals surface area contributed by atoms with Crippen LogP contribution < -0.4 is 27.8 Å². The van der Waals surface area contributed by atoms with Gasteiger partial charge < -0.3 is 70.1 Å². The third-order valence-electron chi connectivity index (χ3n) is 9.97. The number of amides is 2. The van der Waals surface area contributed by atoms with Crippen LogP contribution >= 0.6 is 15.4 Å². The number of carbonyl (C=O) groups is 3. The minimum atomic E-state index is -5.14. The number of aromatic nitrogens is 6. The van der Waals surface area contributed by atoms with Crippen LogP contribution in [-0.4, -0.2) is 128 Å². The molecular weight excluding hydrogens is 918 g/mol. The van der Waals surface area contributed by atoms with Gasteiger partial charge in [-0.3, -0.25) is 18.2 Å². The third kappa shape index (κ3) is 13.1. The van der Waals surface area contributed by atoms with Crippen molar-refractivity contribution in [2.45, 2.75) is 101 Å². The highest BCUT2D eigenvalue weighted by Crippen LogP contribution is 2.56. The largest absolute Gasteiger partial charge is 0.469 e. The third-order valence-corrected chi connectivity index (χ3v) is 12.4. The zero-order chi connectivity index (χ0) is 48.0. The second-order valence-electron chi connectivity index (χ2n) is 16.0. The van der Waals surface area contributed by atoms with Gasteiger partial charge in [0.2, 0.25) is 0 Å². The SMILES string of the molecule is CC(C)(C)OC(=O)N[C@@H](CCCNC(=O)OCc1ccccc1)C(=O)O[C@H]1[C@@H](O)[C@H](n2cnc3c(N)ncnc32)O[C@@H]1COP(=O)(O)[C@H]1C[C@H](n2ccc(N)nc2=O)O[C@@H]1COP(=O)(O)O. The summed E-state index contributed by atoms with van der Waals surface area (Å²) in [6, 6.07) is 8.73. The van der Waals surface area contributed by atoms with E-state index in [-0.39, 0.29) is 48.8 Å².